The summed E-state index contributed by atoms with van der Waals surface area (Å²) in [5.41, 5.74) is 1.36. The van der Waals surface area contributed by atoms with E-state index in [1.165, 1.54) is 72.4 Å². The maximum absolute atomic E-state index is 13.5. The van der Waals surface area contributed by atoms with Crippen LogP contribution >= 0.6 is 11.3 Å². The van der Waals surface area contributed by atoms with E-state index in [0.29, 0.717) is 35.3 Å². The predicted octanol–water partition coefficient (Wildman–Crippen LogP) is 7.09. The van der Waals surface area contributed by atoms with Crippen LogP contribution in [0.2, 0.25) is 0 Å². The summed E-state index contributed by atoms with van der Waals surface area (Å²) in [6.07, 6.45) is 7.61. The molecule has 2 aromatic heterocycles. The Balaban J connectivity index is 0.975. The first-order valence-corrected chi connectivity index (χ1v) is 17.7. The summed E-state index contributed by atoms with van der Waals surface area (Å²) in [5.74, 6) is 2.84. The second-order valence-corrected chi connectivity index (χ2v) is 16.0. The molecule has 46 heavy (non-hydrogen) atoms. The van der Waals surface area contributed by atoms with Gasteiger partial charge in [0.15, 0.2) is 6.10 Å². The number of benzene rings is 1. The first-order valence-electron chi connectivity index (χ1n) is 16.8. The van der Waals surface area contributed by atoms with E-state index in [1.54, 1.807) is 11.3 Å². The van der Waals surface area contributed by atoms with Gasteiger partial charge in [-0.25, -0.2) is 4.98 Å². The number of aliphatic hydroxyl groups is 1. The molecule has 6 aliphatic rings. The zero-order valence-corrected chi connectivity index (χ0v) is 26.7. The zero-order chi connectivity index (χ0) is 31.8. The first kappa shape index (κ1) is 30.4. The standard InChI is InChI=1S/C36H40F3N3O3S/c37-36(38,39)26-4-1-3-25(15-26)30(43)32(45)42-10-2-5-28-27(19-42)31(44)41-33(40-28)35(8-9-35)29-14-21(20-46-29)6-7-34-16-22-11-23(17-34)13-24(12-22)18-34/h1,3-4,14-15,20,22-24,30,43H,2,5-13,16-19H2,(H,40,41,44). The van der Waals surface area contributed by atoms with Crippen molar-refractivity contribution in [1.82, 2.24) is 14.9 Å². The third-order valence-corrected chi connectivity index (χ3v) is 13.0. The maximum atomic E-state index is 13.5. The fraction of sp³-hybridized carbons (Fsp3) is 0.583. The number of aliphatic hydroxyl groups excluding tert-OH is 1. The average Bonchev–Trinajstić information content (AvgIpc) is 3.74. The molecule has 5 fully saturated rings. The number of thiophene rings is 1. The molecule has 10 heteroatoms. The fourth-order valence-corrected chi connectivity index (χ4v) is 10.9. The van der Waals surface area contributed by atoms with Gasteiger partial charge < -0.3 is 15.0 Å². The lowest BCUT2D eigenvalue weighted by Gasteiger charge is -2.57. The summed E-state index contributed by atoms with van der Waals surface area (Å²) >= 11 is 1.77. The lowest BCUT2D eigenvalue weighted by molar-refractivity contribution is -0.142. The highest BCUT2D eigenvalue weighted by atomic mass is 32.1. The number of halogens is 3. The minimum absolute atomic E-state index is 0.0483. The number of carbonyl (C=O) groups excluding carboxylic acids is 1. The van der Waals surface area contributed by atoms with Gasteiger partial charge in [0.2, 0.25) is 0 Å². The fourth-order valence-electron chi connectivity index (χ4n) is 9.73. The number of rotatable bonds is 7. The molecule has 6 nitrogen and oxygen atoms in total. The van der Waals surface area contributed by atoms with Crippen molar-refractivity contribution in [2.75, 3.05) is 6.54 Å². The molecule has 1 atom stereocenters. The van der Waals surface area contributed by atoms with Crippen LogP contribution in [0, 0.1) is 23.2 Å². The molecule has 3 aromatic rings. The molecule has 3 heterocycles. The van der Waals surface area contributed by atoms with Crippen molar-refractivity contribution in [2.45, 2.75) is 101 Å². The van der Waals surface area contributed by atoms with Gasteiger partial charge in [-0.1, -0.05) is 12.1 Å². The van der Waals surface area contributed by atoms with Gasteiger partial charge in [-0.2, -0.15) is 13.2 Å². The molecule has 0 spiro atoms. The van der Waals surface area contributed by atoms with Gasteiger partial charge in [0.1, 0.15) is 5.82 Å². The molecule has 1 amide bonds. The van der Waals surface area contributed by atoms with E-state index < -0.39 is 23.8 Å². The van der Waals surface area contributed by atoms with Gasteiger partial charge in [0, 0.05) is 11.4 Å². The summed E-state index contributed by atoms with van der Waals surface area (Å²) in [6, 6.07) is 6.52. The number of aromatic nitrogens is 2. The molecule has 1 unspecified atom stereocenters. The van der Waals surface area contributed by atoms with Crippen LogP contribution in [0.15, 0.2) is 40.5 Å². The van der Waals surface area contributed by atoms with E-state index in [2.05, 4.69) is 16.4 Å². The van der Waals surface area contributed by atoms with Crippen LogP contribution in [0.3, 0.4) is 0 Å². The van der Waals surface area contributed by atoms with Crippen LogP contribution in [0.5, 0.6) is 0 Å². The number of aryl methyl sites for hydroxylation is 2. The first-order chi connectivity index (χ1) is 22.0. The molecule has 0 radical (unpaired) electrons. The van der Waals surface area contributed by atoms with Crippen LogP contribution < -0.4 is 5.56 Å². The number of amides is 1. The van der Waals surface area contributed by atoms with Crippen LogP contribution in [0.4, 0.5) is 13.2 Å². The van der Waals surface area contributed by atoms with E-state index in [1.807, 2.05) is 0 Å². The summed E-state index contributed by atoms with van der Waals surface area (Å²) in [6.45, 7) is 0.219. The van der Waals surface area contributed by atoms with Crippen molar-refractivity contribution >= 4 is 17.2 Å². The number of fused-ring (bicyclic) bond motifs is 1. The number of nitrogens with zero attached hydrogens (tertiary/aromatic N) is 2. The predicted molar refractivity (Wildman–Crippen MR) is 168 cm³/mol. The van der Waals surface area contributed by atoms with Crippen molar-refractivity contribution in [3.05, 3.63) is 84.7 Å². The van der Waals surface area contributed by atoms with Gasteiger partial charge in [-0.05, 0) is 135 Å². The SMILES string of the molecule is O=C(C(O)c1cccc(C(F)(F)F)c1)N1CCCc2nc(C3(c4cc(CCC56CC7CC(CC(C7)C5)C6)cs4)CC3)[nH]c(=O)c2C1. The summed E-state index contributed by atoms with van der Waals surface area (Å²) in [7, 11) is 0. The number of hydrogen-bond acceptors (Lipinski definition) is 5. The molecular formula is C36H40F3N3O3S. The van der Waals surface area contributed by atoms with Gasteiger partial charge in [0.05, 0.1) is 28.8 Å². The van der Waals surface area contributed by atoms with E-state index in [9.17, 15) is 27.9 Å². The Labute approximate surface area is 270 Å². The number of alkyl halides is 3. The molecule has 1 aromatic carbocycles. The number of nitrogens with one attached hydrogen (secondary N) is 1. The third kappa shape index (κ3) is 5.43. The molecule has 244 valence electrons. The van der Waals surface area contributed by atoms with E-state index in [0.717, 1.165) is 49.1 Å². The summed E-state index contributed by atoms with van der Waals surface area (Å²) < 4.78 is 39.7. The normalized spacial score (nSPS) is 28.5. The highest BCUT2D eigenvalue weighted by molar-refractivity contribution is 7.10. The molecule has 9 rings (SSSR count). The van der Waals surface area contributed by atoms with Crippen LogP contribution in [0.25, 0.3) is 0 Å². The quantitative estimate of drug-likeness (QED) is 0.286. The Morgan fingerprint density at radius 2 is 1.83 bits per heavy atom. The smallest absolute Gasteiger partial charge is 0.378 e. The van der Waals surface area contributed by atoms with Crippen molar-refractivity contribution in [2.24, 2.45) is 23.2 Å². The van der Waals surface area contributed by atoms with Gasteiger partial charge in [-0.15, -0.1) is 11.3 Å². The lowest BCUT2D eigenvalue weighted by atomic mass is 9.48. The van der Waals surface area contributed by atoms with E-state index in [4.69, 9.17) is 4.98 Å². The summed E-state index contributed by atoms with van der Waals surface area (Å²) in [4.78, 5) is 37.4. The average molecular weight is 652 g/mol. The topological polar surface area (TPSA) is 86.3 Å². The zero-order valence-electron chi connectivity index (χ0n) is 25.9. The second kappa shape index (κ2) is 11.0. The van der Waals surface area contributed by atoms with Crippen molar-refractivity contribution in [3.63, 3.8) is 0 Å². The summed E-state index contributed by atoms with van der Waals surface area (Å²) in [5, 5.41) is 13.0. The Morgan fingerprint density at radius 1 is 1.11 bits per heavy atom. The monoisotopic (exact) mass is 651 g/mol. The Kier molecular flexibility index (Phi) is 7.29. The lowest BCUT2D eigenvalue weighted by Crippen LogP contribution is -2.46. The molecule has 0 saturated heterocycles. The second-order valence-electron chi connectivity index (χ2n) is 15.0. The van der Waals surface area contributed by atoms with Crippen molar-refractivity contribution in [1.29, 1.82) is 0 Å². The van der Waals surface area contributed by atoms with Crippen molar-refractivity contribution < 1.29 is 23.1 Å². The minimum Gasteiger partial charge on any atom is -0.378 e. The van der Waals surface area contributed by atoms with E-state index in [-0.39, 0.29) is 29.6 Å². The molecule has 5 saturated carbocycles. The number of hydrogen-bond donors (Lipinski definition) is 2. The van der Waals surface area contributed by atoms with Gasteiger partial charge in [0.25, 0.3) is 11.5 Å². The molecule has 2 N–H and O–H groups in total. The Bertz CT molecular complexity index is 1690. The van der Waals surface area contributed by atoms with Crippen LogP contribution in [-0.4, -0.2) is 32.4 Å². The van der Waals surface area contributed by atoms with E-state index >= 15 is 0 Å². The highest BCUT2D eigenvalue weighted by Gasteiger charge is 2.51. The maximum Gasteiger partial charge on any atom is 0.416 e. The minimum atomic E-state index is -4.59. The molecule has 5 aliphatic carbocycles. The van der Waals surface area contributed by atoms with Crippen molar-refractivity contribution in [3.8, 4) is 0 Å². The largest absolute Gasteiger partial charge is 0.416 e. The number of aromatic amines is 1. The van der Waals surface area contributed by atoms with Crippen LogP contribution in [-0.2, 0) is 35.8 Å². The highest BCUT2D eigenvalue weighted by Crippen LogP contribution is 2.62. The number of carbonyl (C=O) groups is 1. The molecule has 1 aliphatic heterocycles. The van der Waals surface area contributed by atoms with Gasteiger partial charge in [-0.3, -0.25) is 9.59 Å². The third-order valence-electron chi connectivity index (χ3n) is 11.8. The van der Waals surface area contributed by atoms with Gasteiger partial charge >= 0.3 is 6.18 Å². The molecule has 4 bridgehead atoms. The van der Waals surface area contributed by atoms with Crippen LogP contribution in [0.1, 0.15) is 109 Å². The molecular weight excluding hydrogens is 611 g/mol. The Morgan fingerprint density at radius 3 is 2.50 bits per heavy atom. The number of H-pyrrole nitrogens is 1. The Hall–Kier alpha value is -2.98.